The summed E-state index contributed by atoms with van der Waals surface area (Å²) >= 11 is 0. The minimum absolute atomic E-state index is 0.112. The molecule has 2 rings (SSSR count). The van der Waals surface area contributed by atoms with Crippen LogP contribution in [0.25, 0.3) is 0 Å². The van der Waals surface area contributed by atoms with Crippen molar-refractivity contribution in [2.45, 2.75) is 6.92 Å². The number of phenolic OH excluding ortho intramolecular Hbond substituents is 2. The van der Waals surface area contributed by atoms with Crippen LogP contribution < -0.4 is 11.2 Å². The van der Waals surface area contributed by atoms with E-state index in [9.17, 15) is 15.0 Å². The smallest absolute Gasteiger partial charge is 0.271 e. The zero-order valence-corrected chi connectivity index (χ0v) is 11.4. The molecule has 108 valence electrons. The number of anilines is 1. The zero-order chi connectivity index (χ0) is 15.4. The van der Waals surface area contributed by atoms with Crippen LogP contribution in [-0.2, 0) is 0 Å². The number of hydrazone groups is 1. The second-order valence-electron chi connectivity index (χ2n) is 4.50. The summed E-state index contributed by atoms with van der Waals surface area (Å²) in [6.45, 7) is 1.74. The molecule has 21 heavy (non-hydrogen) atoms. The first-order valence-corrected chi connectivity index (χ1v) is 6.19. The van der Waals surface area contributed by atoms with Gasteiger partial charge in [0.15, 0.2) is 0 Å². The Morgan fingerprint density at radius 3 is 2.19 bits per heavy atom. The quantitative estimate of drug-likeness (QED) is 0.392. The predicted molar refractivity (Wildman–Crippen MR) is 80.3 cm³/mol. The maximum atomic E-state index is 11.9. The number of hydrogen-bond acceptors (Lipinski definition) is 5. The summed E-state index contributed by atoms with van der Waals surface area (Å²) in [5.41, 5.74) is 10.1. The maximum absolute atomic E-state index is 11.9. The monoisotopic (exact) mass is 285 g/mol. The number of carbonyl (C=O) groups is 1. The number of hydrogen-bond donors (Lipinski definition) is 4. The summed E-state index contributed by atoms with van der Waals surface area (Å²) in [6.07, 6.45) is 0. The van der Waals surface area contributed by atoms with Gasteiger partial charge in [-0.25, -0.2) is 5.43 Å². The van der Waals surface area contributed by atoms with Gasteiger partial charge in [-0.2, -0.15) is 5.10 Å². The fourth-order valence-electron chi connectivity index (χ4n) is 1.71. The Hall–Kier alpha value is -3.02. The lowest BCUT2D eigenvalue weighted by Gasteiger charge is -2.04. The van der Waals surface area contributed by atoms with Gasteiger partial charge in [-0.3, -0.25) is 4.79 Å². The summed E-state index contributed by atoms with van der Waals surface area (Å²) in [4.78, 5) is 11.9. The first kappa shape index (κ1) is 14.4. The number of phenols is 2. The van der Waals surface area contributed by atoms with Crippen LogP contribution in [0.3, 0.4) is 0 Å². The highest BCUT2D eigenvalue weighted by Gasteiger charge is 2.08. The molecular formula is C15H15N3O3. The standard InChI is InChI=1S/C15H15N3O3/c1-9(10-2-4-12(16)5-3-10)17-18-15(21)11-6-13(19)8-14(20)7-11/h2-8,19-20H,16H2,1H3,(H,18,21)/b17-9+. The average molecular weight is 285 g/mol. The molecule has 0 radical (unpaired) electrons. The van der Waals surface area contributed by atoms with E-state index in [1.54, 1.807) is 31.2 Å². The van der Waals surface area contributed by atoms with Gasteiger partial charge >= 0.3 is 0 Å². The highest BCUT2D eigenvalue weighted by molar-refractivity contribution is 6.01. The lowest BCUT2D eigenvalue weighted by Crippen LogP contribution is -2.19. The van der Waals surface area contributed by atoms with E-state index < -0.39 is 5.91 Å². The Morgan fingerprint density at radius 2 is 1.62 bits per heavy atom. The van der Waals surface area contributed by atoms with Crippen molar-refractivity contribution in [1.82, 2.24) is 5.43 Å². The SMILES string of the molecule is C/C(=N\NC(=O)c1cc(O)cc(O)c1)c1ccc(N)cc1. The van der Waals surface area contributed by atoms with Crippen molar-refractivity contribution in [3.8, 4) is 11.5 Å². The number of amides is 1. The van der Waals surface area contributed by atoms with Crippen LogP contribution in [0.4, 0.5) is 5.69 Å². The Kier molecular flexibility index (Phi) is 4.08. The number of aromatic hydroxyl groups is 2. The molecule has 0 bridgehead atoms. The maximum Gasteiger partial charge on any atom is 0.271 e. The van der Waals surface area contributed by atoms with Crippen molar-refractivity contribution < 1.29 is 15.0 Å². The highest BCUT2D eigenvalue weighted by Crippen LogP contribution is 2.20. The summed E-state index contributed by atoms with van der Waals surface area (Å²) in [5.74, 6) is -0.922. The summed E-state index contributed by atoms with van der Waals surface area (Å²) in [5, 5.41) is 22.6. The molecule has 2 aromatic carbocycles. The number of nitrogens with two attached hydrogens (primary N) is 1. The molecule has 0 atom stereocenters. The molecule has 6 heteroatoms. The third-order valence-corrected chi connectivity index (χ3v) is 2.82. The fraction of sp³-hybridized carbons (Fsp3) is 0.0667. The highest BCUT2D eigenvalue weighted by atomic mass is 16.3. The van der Waals surface area contributed by atoms with Gasteiger partial charge in [0.1, 0.15) is 11.5 Å². The number of nitrogens with one attached hydrogen (secondary N) is 1. The van der Waals surface area contributed by atoms with Gasteiger partial charge in [0.25, 0.3) is 5.91 Å². The van der Waals surface area contributed by atoms with Crippen molar-refractivity contribution in [1.29, 1.82) is 0 Å². The summed E-state index contributed by atoms with van der Waals surface area (Å²) in [6, 6.07) is 10.7. The van der Waals surface area contributed by atoms with E-state index in [2.05, 4.69) is 10.5 Å². The number of rotatable bonds is 3. The minimum atomic E-state index is -0.531. The van der Waals surface area contributed by atoms with E-state index in [-0.39, 0.29) is 17.1 Å². The molecule has 0 spiro atoms. The molecule has 2 aromatic rings. The molecule has 0 fully saturated rings. The first-order chi connectivity index (χ1) is 9.95. The summed E-state index contributed by atoms with van der Waals surface area (Å²) in [7, 11) is 0. The Labute approximate surface area is 121 Å². The van der Waals surface area contributed by atoms with Gasteiger partial charge in [0.05, 0.1) is 5.71 Å². The normalized spacial score (nSPS) is 11.2. The van der Waals surface area contributed by atoms with Crippen LogP contribution in [-0.4, -0.2) is 21.8 Å². The van der Waals surface area contributed by atoms with E-state index in [1.807, 2.05) is 0 Å². The molecule has 0 saturated heterocycles. The molecule has 5 N–H and O–H groups in total. The molecule has 0 heterocycles. The Balaban J connectivity index is 2.12. The first-order valence-electron chi connectivity index (χ1n) is 6.19. The number of benzene rings is 2. The third-order valence-electron chi connectivity index (χ3n) is 2.82. The molecule has 1 amide bonds. The largest absolute Gasteiger partial charge is 0.508 e. The van der Waals surface area contributed by atoms with Crippen molar-refractivity contribution in [3.05, 3.63) is 53.6 Å². The van der Waals surface area contributed by atoms with E-state index in [1.165, 1.54) is 12.1 Å². The lowest BCUT2D eigenvalue weighted by molar-refractivity contribution is 0.0954. The van der Waals surface area contributed by atoms with Crippen molar-refractivity contribution in [3.63, 3.8) is 0 Å². The minimum Gasteiger partial charge on any atom is -0.508 e. The van der Waals surface area contributed by atoms with Crippen LogP contribution in [0.2, 0.25) is 0 Å². The second kappa shape index (κ2) is 5.96. The predicted octanol–water partition coefficient (Wildman–Crippen LogP) is 1.83. The number of nitrogen functional groups attached to an aromatic ring is 1. The Morgan fingerprint density at radius 1 is 1.05 bits per heavy atom. The van der Waals surface area contributed by atoms with Crippen molar-refractivity contribution in [2.75, 3.05) is 5.73 Å². The van der Waals surface area contributed by atoms with E-state index in [0.717, 1.165) is 11.6 Å². The molecule has 0 aliphatic heterocycles. The third kappa shape index (κ3) is 3.73. The van der Waals surface area contributed by atoms with Crippen LogP contribution in [0.1, 0.15) is 22.8 Å². The van der Waals surface area contributed by atoms with Gasteiger partial charge in [-0.05, 0) is 36.8 Å². The van der Waals surface area contributed by atoms with E-state index in [4.69, 9.17) is 5.73 Å². The Bertz CT molecular complexity index is 674. The molecule has 6 nitrogen and oxygen atoms in total. The molecule has 0 aliphatic carbocycles. The molecule has 0 unspecified atom stereocenters. The lowest BCUT2D eigenvalue weighted by atomic mass is 10.1. The van der Waals surface area contributed by atoms with Gasteiger partial charge in [-0.1, -0.05) is 12.1 Å². The zero-order valence-electron chi connectivity index (χ0n) is 11.4. The number of nitrogens with zero attached hydrogens (tertiary/aromatic N) is 1. The molecule has 0 aliphatic rings. The van der Waals surface area contributed by atoms with Crippen LogP contribution in [0, 0.1) is 0 Å². The van der Waals surface area contributed by atoms with Crippen LogP contribution in [0.5, 0.6) is 11.5 Å². The van der Waals surface area contributed by atoms with Gasteiger partial charge < -0.3 is 15.9 Å². The van der Waals surface area contributed by atoms with Crippen molar-refractivity contribution in [2.24, 2.45) is 5.10 Å². The topological polar surface area (TPSA) is 108 Å². The van der Waals surface area contributed by atoms with Crippen LogP contribution >= 0.6 is 0 Å². The van der Waals surface area contributed by atoms with Gasteiger partial charge in [0.2, 0.25) is 0 Å². The van der Waals surface area contributed by atoms with Crippen LogP contribution in [0.15, 0.2) is 47.6 Å². The average Bonchev–Trinajstić information content (AvgIpc) is 2.44. The van der Waals surface area contributed by atoms with Gasteiger partial charge in [-0.15, -0.1) is 0 Å². The van der Waals surface area contributed by atoms with E-state index in [0.29, 0.717) is 11.4 Å². The fourth-order valence-corrected chi connectivity index (χ4v) is 1.71. The van der Waals surface area contributed by atoms with E-state index >= 15 is 0 Å². The summed E-state index contributed by atoms with van der Waals surface area (Å²) < 4.78 is 0. The molecule has 0 aromatic heterocycles. The molecular weight excluding hydrogens is 270 g/mol. The van der Waals surface area contributed by atoms with Crippen molar-refractivity contribution >= 4 is 17.3 Å². The van der Waals surface area contributed by atoms with Gasteiger partial charge in [0, 0.05) is 17.3 Å². The second-order valence-corrected chi connectivity index (χ2v) is 4.50. The molecule has 0 saturated carbocycles. The number of carbonyl (C=O) groups excluding carboxylic acids is 1.